The molecule has 1 aromatic heterocycles. The summed E-state index contributed by atoms with van der Waals surface area (Å²) in [5.74, 6) is 0.926. The Morgan fingerprint density at radius 1 is 1.04 bits per heavy atom. The largest absolute Gasteiger partial charge is 0.389 e. The number of rotatable bonds is 19. The Morgan fingerprint density at radius 2 is 1.77 bits per heavy atom. The van der Waals surface area contributed by atoms with E-state index >= 15 is 0 Å². The monoisotopic (exact) mass is 667 g/mol. The van der Waals surface area contributed by atoms with Gasteiger partial charge in [-0.1, -0.05) is 69.4 Å². The van der Waals surface area contributed by atoms with E-state index < -0.39 is 42.0 Å². The maximum absolute atomic E-state index is 14.0. The first-order valence-corrected chi connectivity index (χ1v) is 17.8. The van der Waals surface area contributed by atoms with Crippen LogP contribution in [0.4, 0.5) is 0 Å². The van der Waals surface area contributed by atoms with Crippen molar-refractivity contribution in [1.29, 1.82) is 0 Å². The lowest BCUT2D eigenvalue weighted by Crippen LogP contribution is -2.56. The zero-order chi connectivity index (χ0) is 34.2. The number of nitrogens with zero attached hydrogens (tertiary/aromatic N) is 3. The second-order valence-electron chi connectivity index (χ2n) is 12.9. The Kier molecular flexibility index (Phi) is 16.4. The highest BCUT2D eigenvalue weighted by atomic mass is 32.1. The van der Waals surface area contributed by atoms with Crippen LogP contribution < -0.4 is 10.6 Å². The number of hydrogen-bond donors (Lipinski definition) is 4. The molecule has 1 aliphatic carbocycles. The van der Waals surface area contributed by atoms with E-state index in [4.69, 9.17) is 6.42 Å². The van der Waals surface area contributed by atoms with Gasteiger partial charge in [-0.05, 0) is 37.9 Å². The minimum Gasteiger partial charge on any atom is -0.389 e. The number of carbonyl (C=O) groups excluding carboxylic acids is 3. The van der Waals surface area contributed by atoms with Crippen LogP contribution in [0.3, 0.4) is 0 Å². The molecule has 1 aromatic carbocycles. The average molecular weight is 668 g/mol. The lowest BCUT2D eigenvalue weighted by molar-refractivity contribution is -0.137. The third-order valence-corrected chi connectivity index (χ3v) is 9.84. The summed E-state index contributed by atoms with van der Waals surface area (Å²) in [5, 5.41) is 29.4. The minimum atomic E-state index is -1.27. The molecular formula is C36H53N5O5S. The van der Waals surface area contributed by atoms with E-state index in [0.717, 1.165) is 44.2 Å². The minimum absolute atomic E-state index is 0.0145. The van der Waals surface area contributed by atoms with Gasteiger partial charge in [-0.15, -0.1) is 23.7 Å². The van der Waals surface area contributed by atoms with Gasteiger partial charge in [0.15, 0.2) is 0 Å². The quantitative estimate of drug-likeness (QED) is 0.169. The highest BCUT2D eigenvalue weighted by Gasteiger charge is 2.34. The van der Waals surface area contributed by atoms with E-state index in [1.807, 2.05) is 42.8 Å². The molecule has 11 heteroatoms. The van der Waals surface area contributed by atoms with E-state index in [9.17, 15) is 24.6 Å². The van der Waals surface area contributed by atoms with E-state index in [-0.39, 0.29) is 25.2 Å². The fraction of sp³-hybridized carbons (Fsp3) is 0.611. The molecular weight excluding hydrogens is 614 g/mol. The summed E-state index contributed by atoms with van der Waals surface area (Å²) in [6.45, 7) is 4.17. The number of terminal acetylenes is 1. The van der Waals surface area contributed by atoms with Gasteiger partial charge in [0.25, 0.3) is 0 Å². The van der Waals surface area contributed by atoms with E-state index in [0.29, 0.717) is 37.5 Å². The molecule has 0 saturated heterocycles. The maximum Gasteiger partial charge on any atom is 0.243 e. The van der Waals surface area contributed by atoms with Crippen molar-refractivity contribution in [3.63, 3.8) is 0 Å². The van der Waals surface area contributed by atoms with Crippen LogP contribution in [-0.4, -0.2) is 101 Å². The van der Waals surface area contributed by atoms with Gasteiger partial charge in [0, 0.05) is 44.8 Å². The number of aliphatic hydroxyl groups is 2. The number of aliphatic hydroxyl groups excluding tert-OH is 2. The molecule has 1 heterocycles. The van der Waals surface area contributed by atoms with Crippen LogP contribution in [-0.2, 0) is 27.2 Å². The van der Waals surface area contributed by atoms with Crippen LogP contribution in [0.5, 0.6) is 0 Å². The fourth-order valence-electron chi connectivity index (χ4n) is 6.03. The van der Waals surface area contributed by atoms with Crippen molar-refractivity contribution >= 4 is 29.1 Å². The molecule has 0 spiro atoms. The van der Waals surface area contributed by atoms with Gasteiger partial charge in [-0.2, -0.15) is 0 Å². The summed E-state index contributed by atoms with van der Waals surface area (Å²) in [5.41, 5.74) is 3.22. The Bertz CT molecular complexity index is 1260. The van der Waals surface area contributed by atoms with Gasteiger partial charge in [-0.25, -0.2) is 4.98 Å². The van der Waals surface area contributed by atoms with Gasteiger partial charge >= 0.3 is 0 Å². The predicted octanol–water partition coefficient (Wildman–Crippen LogP) is 3.03. The average Bonchev–Trinajstić information content (AvgIpc) is 3.59. The van der Waals surface area contributed by atoms with Crippen molar-refractivity contribution in [2.45, 2.75) is 95.4 Å². The first-order chi connectivity index (χ1) is 22.6. The van der Waals surface area contributed by atoms with Crippen LogP contribution in [0.1, 0.15) is 69.5 Å². The smallest absolute Gasteiger partial charge is 0.243 e. The van der Waals surface area contributed by atoms with E-state index in [2.05, 4.69) is 33.4 Å². The zero-order valence-electron chi connectivity index (χ0n) is 28.1. The number of likely N-dealkylation sites (N-methyl/N-ethyl adjacent to an activating group) is 2. The Morgan fingerprint density at radius 3 is 2.40 bits per heavy atom. The van der Waals surface area contributed by atoms with Crippen molar-refractivity contribution in [3.05, 3.63) is 52.5 Å². The highest BCUT2D eigenvalue weighted by molar-refractivity contribution is 7.07. The summed E-state index contributed by atoms with van der Waals surface area (Å²) in [6, 6.07) is 7.76. The molecule has 10 nitrogen and oxygen atoms in total. The molecule has 1 aliphatic rings. The van der Waals surface area contributed by atoms with Gasteiger partial charge in [0.1, 0.15) is 12.1 Å². The van der Waals surface area contributed by atoms with Crippen molar-refractivity contribution in [2.24, 2.45) is 11.8 Å². The second kappa shape index (κ2) is 20.2. The van der Waals surface area contributed by atoms with Crippen molar-refractivity contribution in [1.82, 2.24) is 25.4 Å². The lowest BCUT2D eigenvalue weighted by atomic mass is 9.82. The highest BCUT2D eigenvalue weighted by Crippen LogP contribution is 2.29. The molecule has 0 radical (unpaired) electrons. The molecule has 258 valence electrons. The van der Waals surface area contributed by atoms with Crippen LogP contribution >= 0.6 is 11.3 Å². The summed E-state index contributed by atoms with van der Waals surface area (Å²) in [4.78, 5) is 49.4. The third kappa shape index (κ3) is 13.0. The van der Waals surface area contributed by atoms with Gasteiger partial charge in [0.2, 0.25) is 17.7 Å². The van der Waals surface area contributed by atoms with Crippen molar-refractivity contribution in [2.75, 3.05) is 33.7 Å². The number of aromatic nitrogens is 1. The van der Waals surface area contributed by atoms with Crippen molar-refractivity contribution in [3.8, 4) is 12.3 Å². The number of hydrogen-bond acceptors (Lipinski definition) is 8. The lowest BCUT2D eigenvalue weighted by Gasteiger charge is -2.33. The predicted molar refractivity (Wildman–Crippen MR) is 185 cm³/mol. The molecule has 5 atom stereocenters. The Hall–Kier alpha value is -3.30. The standard InChI is InChI=1S/C36H53N5O5S/c1-5-13-32(42)34(44)30(21-27-16-11-8-12-17-27)38-36(46)31(23-29-24-47-25-37-29)39-35(45)28(20-26-14-9-7-10-15-26)22-33(43)41(4)19-18-40(3)6-2/h1,7,9-10,14-15,24-25,27-28,30-32,34,42,44H,6,8,11-13,16-23H2,2-4H3,(H,38,46)(H,39,45)/t28-,30+,31+,32+,34-/m1/s1. The first kappa shape index (κ1) is 38.2. The molecule has 3 rings (SSSR count). The molecule has 1 saturated carbocycles. The second-order valence-corrected chi connectivity index (χ2v) is 13.6. The number of benzene rings is 1. The third-order valence-electron chi connectivity index (χ3n) is 9.20. The van der Waals surface area contributed by atoms with Crippen LogP contribution in [0.2, 0.25) is 0 Å². The van der Waals surface area contributed by atoms with Crippen molar-refractivity contribution < 1.29 is 24.6 Å². The van der Waals surface area contributed by atoms with Gasteiger partial charge in [-0.3, -0.25) is 14.4 Å². The SMILES string of the molecule is C#CC[C@H](O)[C@H](O)[C@H](CC1CCCCC1)NC(=O)[C@H](Cc1cscn1)NC(=O)[C@@H](CC(=O)N(C)CCN(C)CC)Cc1ccccc1. The molecule has 3 amide bonds. The topological polar surface area (TPSA) is 135 Å². The maximum atomic E-state index is 14.0. The summed E-state index contributed by atoms with van der Waals surface area (Å²) >= 11 is 1.39. The summed E-state index contributed by atoms with van der Waals surface area (Å²) in [7, 11) is 3.74. The number of amides is 3. The number of nitrogens with one attached hydrogen (secondary N) is 2. The van der Waals surface area contributed by atoms with Crippen LogP contribution in [0, 0.1) is 24.2 Å². The first-order valence-electron chi connectivity index (χ1n) is 16.8. The Balaban J connectivity index is 1.82. The zero-order valence-corrected chi connectivity index (χ0v) is 29.0. The fourth-order valence-corrected chi connectivity index (χ4v) is 6.60. The van der Waals surface area contributed by atoms with Gasteiger partial charge in [0.05, 0.1) is 29.3 Å². The molecule has 1 fully saturated rings. The van der Waals surface area contributed by atoms with Crippen LogP contribution in [0.15, 0.2) is 41.2 Å². The molecule has 47 heavy (non-hydrogen) atoms. The van der Waals surface area contributed by atoms with Gasteiger partial charge < -0.3 is 30.6 Å². The Labute approximate surface area is 284 Å². The van der Waals surface area contributed by atoms with Crippen LogP contribution in [0.25, 0.3) is 0 Å². The molecule has 0 aliphatic heterocycles. The summed E-state index contributed by atoms with van der Waals surface area (Å²) < 4.78 is 0. The molecule has 2 aromatic rings. The molecule has 4 N–H and O–H groups in total. The number of carbonyl (C=O) groups is 3. The number of thiazole rings is 1. The molecule has 0 bridgehead atoms. The normalized spacial score (nSPS) is 16.8. The summed E-state index contributed by atoms with van der Waals surface area (Å²) in [6.07, 6.45) is 9.16. The van der Waals surface area contributed by atoms with E-state index in [1.165, 1.54) is 11.3 Å². The molecule has 0 unspecified atom stereocenters. The van der Waals surface area contributed by atoms with E-state index in [1.54, 1.807) is 17.5 Å².